The van der Waals surface area contributed by atoms with Crippen molar-refractivity contribution in [3.63, 3.8) is 0 Å². The fraction of sp³-hybridized carbons (Fsp3) is 0.200. The highest BCUT2D eigenvalue weighted by molar-refractivity contribution is 7.07. The maximum absolute atomic E-state index is 13.7. The number of methoxy groups -OCH3 is 1. The van der Waals surface area contributed by atoms with Crippen LogP contribution >= 0.6 is 22.9 Å². The van der Waals surface area contributed by atoms with E-state index in [9.17, 15) is 9.59 Å². The minimum atomic E-state index is -0.833. The Kier molecular flexibility index (Phi) is 9.26. The molecule has 11 heteroatoms. The van der Waals surface area contributed by atoms with E-state index in [1.54, 1.807) is 55.9 Å². The second-order valence-electron chi connectivity index (χ2n) is 8.81. The zero-order chi connectivity index (χ0) is 29.7. The predicted molar refractivity (Wildman–Crippen MR) is 156 cm³/mol. The van der Waals surface area contributed by atoms with Crippen LogP contribution in [0.1, 0.15) is 38.1 Å². The molecule has 4 aromatic rings. The Balaban J connectivity index is 0.000000909. The van der Waals surface area contributed by atoms with Crippen LogP contribution in [-0.4, -0.2) is 35.3 Å². The van der Waals surface area contributed by atoms with Crippen LogP contribution in [0.15, 0.2) is 86.1 Å². The monoisotopic (exact) mass is 594 g/mol. The molecule has 3 heterocycles. The van der Waals surface area contributed by atoms with E-state index in [4.69, 9.17) is 35.4 Å². The minimum Gasteiger partial charge on any atom is -0.497 e. The normalized spacial score (nSPS) is 14.5. The number of aromatic nitrogens is 1. The van der Waals surface area contributed by atoms with Crippen LogP contribution in [0, 0.1) is 0 Å². The Labute approximate surface area is 244 Å². The highest BCUT2D eigenvalue weighted by atomic mass is 35.5. The van der Waals surface area contributed by atoms with Crippen molar-refractivity contribution in [3.05, 3.63) is 108 Å². The molecule has 5 rings (SSSR count). The molecule has 0 amide bonds. The Hall–Kier alpha value is -4.41. The van der Waals surface area contributed by atoms with Gasteiger partial charge in [-0.1, -0.05) is 47.2 Å². The molecule has 0 aliphatic carbocycles. The van der Waals surface area contributed by atoms with E-state index < -0.39 is 18.0 Å². The van der Waals surface area contributed by atoms with Crippen molar-refractivity contribution in [3.8, 4) is 17.1 Å². The zero-order valence-electron chi connectivity index (χ0n) is 22.7. The van der Waals surface area contributed by atoms with Gasteiger partial charge in [0, 0.05) is 23.6 Å². The van der Waals surface area contributed by atoms with Crippen molar-refractivity contribution < 1.29 is 28.6 Å². The standard InChI is InChI=1S/C28H23ClN2O5S.C2H4O2/c1-4-35-27(33)24-16(2)30-28-31(25(24)17-8-10-20(34-3)11-9-17)26(32)23(37-28)15-21-12-13-22(36-21)18-6-5-7-19(29)14-18;1-2(3)4/h5-15,25H,4H2,1-3H3;1H3,(H,3,4)/b23-15+;. The summed E-state index contributed by atoms with van der Waals surface area (Å²) in [5.41, 5.74) is 2.13. The van der Waals surface area contributed by atoms with Crippen molar-refractivity contribution in [2.24, 2.45) is 4.99 Å². The van der Waals surface area contributed by atoms with Crippen LogP contribution in [0.2, 0.25) is 5.02 Å². The molecule has 41 heavy (non-hydrogen) atoms. The number of allylic oxidation sites excluding steroid dienone is 1. The van der Waals surface area contributed by atoms with Crippen LogP contribution in [0.5, 0.6) is 5.75 Å². The molecule has 2 aromatic heterocycles. The van der Waals surface area contributed by atoms with Crippen molar-refractivity contribution in [2.75, 3.05) is 13.7 Å². The number of nitrogens with zero attached hydrogens (tertiary/aromatic N) is 2. The molecule has 1 atom stereocenters. The number of benzene rings is 2. The lowest BCUT2D eigenvalue weighted by Gasteiger charge is -2.24. The molecular formula is C30H27ClN2O7S. The van der Waals surface area contributed by atoms with Gasteiger partial charge in [-0.05, 0) is 55.8 Å². The molecule has 2 aromatic carbocycles. The second kappa shape index (κ2) is 12.8. The van der Waals surface area contributed by atoms with Gasteiger partial charge in [-0.15, -0.1) is 0 Å². The van der Waals surface area contributed by atoms with E-state index in [1.165, 1.54) is 11.3 Å². The molecule has 0 radical (unpaired) electrons. The first-order chi connectivity index (χ1) is 19.6. The van der Waals surface area contributed by atoms with E-state index in [2.05, 4.69) is 4.99 Å². The molecular weight excluding hydrogens is 568 g/mol. The van der Waals surface area contributed by atoms with Crippen LogP contribution in [0.4, 0.5) is 0 Å². The lowest BCUT2D eigenvalue weighted by Crippen LogP contribution is -2.39. The number of hydrogen-bond donors (Lipinski definition) is 1. The van der Waals surface area contributed by atoms with Crippen LogP contribution < -0.4 is 19.6 Å². The van der Waals surface area contributed by atoms with Gasteiger partial charge >= 0.3 is 5.97 Å². The molecule has 1 aliphatic heterocycles. The van der Waals surface area contributed by atoms with E-state index >= 15 is 0 Å². The first-order valence-electron chi connectivity index (χ1n) is 12.5. The molecule has 0 bridgehead atoms. The molecule has 1 aliphatic rings. The summed E-state index contributed by atoms with van der Waals surface area (Å²) < 4.78 is 18.6. The Bertz CT molecular complexity index is 1790. The Morgan fingerprint density at radius 2 is 1.88 bits per heavy atom. The van der Waals surface area contributed by atoms with Gasteiger partial charge in [-0.25, -0.2) is 9.79 Å². The number of carbonyl (C=O) groups is 2. The van der Waals surface area contributed by atoms with Crippen molar-refractivity contribution >= 4 is 41.0 Å². The third kappa shape index (κ3) is 6.67. The van der Waals surface area contributed by atoms with Gasteiger partial charge in [0.2, 0.25) is 0 Å². The first-order valence-corrected chi connectivity index (χ1v) is 13.7. The lowest BCUT2D eigenvalue weighted by atomic mass is 9.96. The average Bonchev–Trinajstić information content (AvgIpc) is 3.52. The third-order valence-electron chi connectivity index (χ3n) is 5.96. The van der Waals surface area contributed by atoms with Gasteiger partial charge in [0.05, 0.1) is 35.6 Å². The molecule has 0 fully saturated rings. The summed E-state index contributed by atoms with van der Waals surface area (Å²) >= 11 is 7.35. The van der Waals surface area contributed by atoms with Crippen LogP contribution in [-0.2, 0) is 14.3 Å². The van der Waals surface area contributed by atoms with Gasteiger partial charge < -0.3 is 19.0 Å². The number of aliphatic carboxylic acids is 1. The number of hydrogen-bond acceptors (Lipinski definition) is 8. The van der Waals surface area contributed by atoms with Crippen molar-refractivity contribution in [1.29, 1.82) is 0 Å². The summed E-state index contributed by atoms with van der Waals surface area (Å²) in [6.07, 6.45) is 1.69. The van der Waals surface area contributed by atoms with Crippen LogP contribution in [0.3, 0.4) is 0 Å². The lowest BCUT2D eigenvalue weighted by molar-refractivity contribution is -0.139. The number of carboxylic acid groups (broad SMARTS) is 1. The van der Waals surface area contributed by atoms with E-state index in [0.717, 1.165) is 18.1 Å². The SMILES string of the molecule is CC(=O)O.CCOC(=O)C1=C(C)N=c2s/c(=C/c3ccc(-c4cccc(Cl)c4)o3)c(=O)n2C1c1ccc(OC)cc1. The fourth-order valence-corrected chi connectivity index (χ4v) is 5.47. The number of halogens is 1. The number of fused-ring (bicyclic) bond motifs is 1. The number of thiazole rings is 1. The number of rotatable bonds is 6. The number of carbonyl (C=O) groups excluding carboxylic acids is 1. The fourth-order valence-electron chi connectivity index (χ4n) is 4.25. The van der Waals surface area contributed by atoms with Gasteiger partial charge in [0.15, 0.2) is 4.80 Å². The summed E-state index contributed by atoms with van der Waals surface area (Å²) in [5.74, 6) is 0.486. The molecule has 9 nitrogen and oxygen atoms in total. The first kappa shape index (κ1) is 29.6. The van der Waals surface area contributed by atoms with Crippen molar-refractivity contribution in [2.45, 2.75) is 26.8 Å². The maximum Gasteiger partial charge on any atom is 0.338 e. The maximum atomic E-state index is 13.7. The summed E-state index contributed by atoms with van der Waals surface area (Å²) in [7, 11) is 1.58. The predicted octanol–water partition coefficient (Wildman–Crippen LogP) is 4.81. The Morgan fingerprint density at radius 1 is 1.17 bits per heavy atom. The zero-order valence-corrected chi connectivity index (χ0v) is 24.3. The number of ether oxygens (including phenoxy) is 2. The summed E-state index contributed by atoms with van der Waals surface area (Å²) in [4.78, 5) is 40.8. The van der Waals surface area contributed by atoms with Gasteiger partial charge in [-0.2, -0.15) is 0 Å². The quantitative estimate of drug-likeness (QED) is 0.318. The van der Waals surface area contributed by atoms with Gasteiger partial charge in [-0.3, -0.25) is 14.2 Å². The molecule has 212 valence electrons. The molecule has 0 saturated heterocycles. The molecule has 0 saturated carbocycles. The minimum absolute atomic E-state index is 0.211. The third-order valence-corrected chi connectivity index (χ3v) is 7.18. The van der Waals surface area contributed by atoms with Crippen LogP contribution in [0.25, 0.3) is 17.4 Å². The van der Waals surface area contributed by atoms with Crippen molar-refractivity contribution in [1.82, 2.24) is 4.57 Å². The van der Waals surface area contributed by atoms with Gasteiger partial charge in [0.25, 0.3) is 11.5 Å². The van der Waals surface area contributed by atoms with E-state index in [-0.39, 0.29) is 12.2 Å². The Morgan fingerprint density at radius 3 is 2.51 bits per heavy atom. The second-order valence-corrected chi connectivity index (χ2v) is 10.3. The number of furan rings is 1. The summed E-state index contributed by atoms with van der Waals surface area (Å²) in [6, 6.07) is 17.5. The number of esters is 1. The van der Waals surface area contributed by atoms with E-state index in [1.807, 2.05) is 36.4 Å². The molecule has 1 unspecified atom stereocenters. The summed E-state index contributed by atoms with van der Waals surface area (Å²) in [5, 5.41) is 8.02. The van der Waals surface area contributed by atoms with E-state index in [0.29, 0.717) is 42.9 Å². The molecule has 0 spiro atoms. The average molecular weight is 595 g/mol. The van der Waals surface area contributed by atoms with Gasteiger partial charge in [0.1, 0.15) is 17.3 Å². The highest BCUT2D eigenvalue weighted by Gasteiger charge is 2.33. The summed E-state index contributed by atoms with van der Waals surface area (Å²) in [6.45, 7) is 4.79. The highest BCUT2D eigenvalue weighted by Crippen LogP contribution is 2.31. The topological polar surface area (TPSA) is 120 Å². The molecule has 1 N–H and O–H groups in total. The largest absolute Gasteiger partial charge is 0.497 e. The number of carboxylic acids is 1. The smallest absolute Gasteiger partial charge is 0.338 e.